The van der Waals surface area contributed by atoms with Crippen LogP contribution >= 0.6 is 0 Å². The number of halogens is 3. The fourth-order valence-corrected chi connectivity index (χ4v) is 4.29. The minimum absolute atomic E-state index is 0.0730. The fraction of sp³-hybridized carbons (Fsp3) is 0.190. The average molecular weight is 418 g/mol. The SMILES string of the molecule is Cc1cc(C(F)(F)c2ccc(C3=CC=CN4CCS(=O)(=O)N=C34)cc2)ccc1F. The van der Waals surface area contributed by atoms with E-state index in [9.17, 15) is 21.6 Å². The second-order valence-electron chi connectivity index (χ2n) is 6.93. The number of hydrogen-bond acceptors (Lipinski definition) is 3. The molecule has 2 aromatic rings. The van der Waals surface area contributed by atoms with Gasteiger partial charge in [0.05, 0.1) is 5.75 Å². The molecule has 4 nitrogen and oxygen atoms in total. The largest absolute Gasteiger partial charge is 0.331 e. The van der Waals surface area contributed by atoms with Gasteiger partial charge in [-0.05, 0) is 48.4 Å². The lowest BCUT2D eigenvalue weighted by atomic mass is 9.95. The van der Waals surface area contributed by atoms with E-state index < -0.39 is 21.8 Å². The van der Waals surface area contributed by atoms with Crippen LogP contribution in [-0.4, -0.2) is 31.5 Å². The third-order valence-electron chi connectivity index (χ3n) is 4.94. The van der Waals surface area contributed by atoms with E-state index in [1.165, 1.54) is 31.2 Å². The molecule has 0 aliphatic carbocycles. The number of alkyl halides is 2. The van der Waals surface area contributed by atoms with Crippen molar-refractivity contribution >= 4 is 21.4 Å². The molecule has 2 heterocycles. The van der Waals surface area contributed by atoms with Crippen LogP contribution in [0.25, 0.3) is 5.57 Å². The number of allylic oxidation sites excluding steroid dienone is 2. The van der Waals surface area contributed by atoms with E-state index in [1.807, 2.05) is 0 Å². The molecule has 0 aromatic heterocycles. The number of rotatable bonds is 3. The highest BCUT2D eigenvalue weighted by Gasteiger charge is 2.34. The summed E-state index contributed by atoms with van der Waals surface area (Å²) in [7, 11) is -3.55. The predicted molar refractivity (Wildman–Crippen MR) is 106 cm³/mol. The first kappa shape index (κ1) is 19.4. The zero-order chi connectivity index (χ0) is 20.8. The zero-order valence-electron chi connectivity index (χ0n) is 15.4. The smallest absolute Gasteiger partial charge is 0.298 e. The standard InChI is InChI=1S/C21H17F3N2O2S/c1-14-13-17(8-9-19(14)22)21(23,24)16-6-4-15(5-7-16)18-3-2-10-26-11-12-29(27,28)25-20(18)26/h2-10,13H,11-12H2,1H3. The summed E-state index contributed by atoms with van der Waals surface area (Å²) in [5, 5.41) is 0. The second kappa shape index (κ2) is 6.88. The molecule has 0 amide bonds. The highest BCUT2D eigenvalue weighted by Crippen LogP contribution is 2.37. The van der Waals surface area contributed by atoms with Crippen LogP contribution in [0.15, 0.2) is 65.2 Å². The van der Waals surface area contributed by atoms with Gasteiger partial charge in [0.2, 0.25) is 0 Å². The molecule has 0 N–H and O–H groups in total. The highest BCUT2D eigenvalue weighted by molar-refractivity contribution is 7.90. The van der Waals surface area contributed by atoms with E-state index >= 15 is 0 Å². The van der Waals surface area contributed by atoms with Crippen molar-refractivity contribution in [1.29, 1.82) is 0 Å². The maximum atomic E-state index is 14.9. The Morgan fingerprint density at radius 3 is 2.45 bits per heavy atom. The van der Waals surface area contributed by atoms with Crippen LogP contribution in [0, 0.1) is 12.7 Å². The summed E-state index contributed by atoms with van der Waals surface area (Å²) >= 11 is 0. The summed E-state index contributed by atoms with van der Waals surface area (Å²) in [4.78, 5) is 1.72. The number of nitrogens with zero attached hydrogens (tertiary/aromatic N) is 2. The van der Waals surface area contributed by atoms with E-state index in [-0.39, 0.29) is 34.8 Å². The Kier molecular flexibility index (Phi) is 4.61. The maximum absolute atomic E-state index is 14.9. The van der Waals surface area contributed by atoms with Gasteiger partial charge in [-0.3, -0.25) is 0 Å². The van der Waals surface area contributed by atoms with Crippen molar-refractivity contribution in [2.24, 2.45) is 4.40 Å². The lowest BCUT2D eigenvalue weighted by Crippen LogP contribution is -2.37. The molecular formula is C21H17F3N2O2S. The van der Waals surface area contributed by atoms with Gasteiger partial charge in [0.25, 0.3) is 15.9 Å². The Balaban J connectivity index is 1.69. The zero-order valence-corrected chi connectivity index (χ0v) is 16.3. The minimum atomic E-state index is -3.55. The number of amidine groups is 1. The van der Waals surface area contributed by atoms with Crippen molar-refractivity contribution in [3.63, 3.8) is 0 Å². The Labute approximate surface area is 166 Å². The monoisotopic (exact) mass is 418 g/mol. The molecule has 0 saturated carbocycles. The van der Waals surface area contributed by atoms with E-state index in [2.05, 4.69) is 4.40 Å². The van der Waals surface area contributed by atoms with Crippen molar-refractivity contribution in [2.75, 3.05) is 12.3 Å². The summed E-state index contributed by atoms with van der Waals surface area (Å²) in [5.74, 6) is -3.62. The van der Waals surface area contributed by atoms with Gasteiger partial charge in [0.1, 0.15) is 5.82 Å². The van der Waals surface area contributed by atoms with Crippen molar-refractivity contribution in [3.8, 4) is 0 Å². The van der Waals surface area contributed by atoms with Crippen molar-refractivity contribution < 1.29 is 21.6 Å². The molecule has 0 saturated heterocycles. The predicted octanol–water partition coefficient (Wildman–Crippen LogP) is 4.23. The first-order valence-electron chi connectivity index (χ1n) is 8.91. The van der Waals surface area contributed by atoms with Crippen LogP contribution in [0.5, 0.6) is 0 Å². The van der Waals surface area contributed by atoms with Gasteiger partial charge in [0, 0.05) is 29.4 Å². The molecule has 2 aliphatic heterocycles. The molecule has 0 radical (unpaired) electrons. The topological polar surface area (TPSA) is 49.7 Å². The third-order valence-corrected chi connectivity index (χ3v) is 6.09. The molecule has 2 aliphatic rings. The lowest BCUT2D eigenvalue weighted by Gasteiger charge is -2.29. The Hall–Kier alpha value is -2.87. The maximum Gasteiger partial charge on any atom is 0.298 e. The van der Waals surface area contributed by atoms with E-state index in [0.29, 0.717) is 11.1 Å². The van der Waals surface area contributed by atoms with Crippen LogP contribution in [0.3, 0.4) is 0 Å². The molecule has 0 bridgehead atoms. The quantitative estimate of drug-likeness (QED) is 0.750. The van der Waals surface area contributed by atoms with Gasteiger partial charge < -0.3 is 4.90 Å². The van der Waals surface area contributed by atoms with E-state index in [0.717, 1.165) is 18.2 Å². The van der Waals surface area contributed by atoms with Gasteiger partial charge >= 0.3 is 0 Å². The molecule has 4 rings (SSSR count). The molecule has 0 fully saturated rings. The average Bonchev–Trinajstić information content (AvgIpc) is 2.69. The first-order chi connectivity index (χ1) is 13.7. The van der Waals surface area contributed by atoms with Gasteiger partial charge in [-0.1, -0.05) is 24.3 Å². The van der Waals surface area contributed by atoms with E-state index in [4.69, 9.17) is 0 Å². The molecule has 150 valence electrons. The fourth-order valence-electron chi connectivity index (χ4n) is 3.31. The molecule has 0 atom stereocenters. The third kappa shape index (κ3) is 3.60. The van der Waals surface area contributed by atoms with Crippen LogP contribution in [0.4, 0.5) is 13.2 Å². The second-order valence-corrected chi connectivity index (χ2v) is 8.69. The first-order valence-corrected chi connectivity index (χ1v) is 10.5. The van der Waals surface area contributed by atoms with Crippen molar-refractivity contribution in [3.05, 3.63) is 88.9 Å². The minimum Gasteiger partial charge on any atom is -0.331 e. The van der Waals surface area contributed by atoms with Crippen LogP contribution in [-0.2, 0) is 15.9 Å². The molecular weight excluding hydrogens is 401 g/mol. The van der Waals surface area contributed by atoms with Gasteiger partial charge in [-0.25, -0.2) is 12.8 Å². The lowest BCUT2D eigenvalue weighted by molar-refractivity contribution is 0.0427. The number of fused-ring (bicyclic) bond motifs is 1. The van der Waals surface area contributed by atoms with Gasteiger partial charge in [-0.15, -0.1) is 4.40 Å². The van der Waals surface area contributed by atoms with E-state index in [1.54, 1.807) is 23.3 Å². The van der Waals surface area contributed by atoms with Crippen LogP contribution < -0.4 is 0 Å². The Morgan fingerprint density at radius 1 is 1.07 bits per heavy atom. The molecule has 2 aromatic carbocycles. The normalized spacial score (nSPS) is 18.1. The van der Waals surface area contributed by atoms with Gasteiger partial charge in [0.15, 0.2) is 5.84 Å². The van der Waals surface area contributed by atoms with Gasteiger partial charge in [-0.2, -0.15) is 8.78 Å². The summed E-state index contributed by atoms with van der Waals surface area (Å²) < 4.78 is 70.8. The van der Waals surface area contributed by atoms with Crippen molar-refractivity contribution in [1.82, 2.24) is 4.90 Å². The Morgan fingerprint density at radius 2 is 1.76 bits per heavy atom. The molecule has 8 heteroatoms. The molecule has 0 unspecified atom stereocenters. The van der Waals surface area contributed by atoms with Crippen LogP contribution in [0.1, 0.15) is 22.3 Å². The number of hydrogen-bond donors (Lipinski definition) is 0. The highest BCUT2D eigenvalue weighted by atomic mass is 32.2. The summed E-state index contributed by atoms with van der Waals surface area (Å²) in [6.07, 6.45) is 5.19. The Bertz CT molecular complexity index is 1170. The summed E-state index contributed by atoms with van der Waals surface area (Å²) in [6, 6.07) is 8.83. The van der Waals surface area contributed by atoms with Crippen molar-refractivity contribution in [2.45, 2.75) is 12.8 Å². The molecule has 0 spiro atoms. The number of aryl methyl sites for hydroxylation is 1. The molecule has 29 heavy (non-hydrogen) atoms. The van der Waals surface area contributed by atoms with Crippen LogP contribution in [0.2, 0.25) is 0 Å². The number of benzene rings is 2. The number of sulfonamides is 1. The summed E-state index contributed by atoms with van der Waals surface area (Å²) in [5.41, 5.74) is 0.731. The summed E-state index contributed by atoms with van der Waals surface area (Å²) in [6.45, 7) is 1.72.